The summed E-state index contributed by atoms with van der Waals surface area (Å²) < 4.78 is 0. The number of aliphatic hydroxyl groups excluding tert-OH is 1. The van der Waals surface area contributed by atoms with Crippen molar-refractivity contribution in [3.05, 3.63) is 12.2 Å². The van der Waals surface area contributed by atoms with Crippen molar-refractivity contribution in [2.45, 2.75) is 70.5 Å². The van der Waals surface area contributed by atoms with Gasteiger partial charge < -0.3 is 5.11 Å². The van der Waals surface area contributed by atoms with Crippen molar-refractivity contribution in [3.63, 3.8) is 0 Å². The van der Waals surface area contributed by atoms with E-state index in [1.165, 1.54) is 50.7 Å². The maximum atomic E-state index is 9.35. The topological polar surface area (TPSA) is 20.2 Å². The van der Waals surface area contributed by atoms with Gasteiger partial charge in [-0.15, -0.1) is 0 Å². The Balaban J connectivity index is 1.89. The number of unbranched alkanes of at least 4 members (excludes halogenated alkanes) is 2. The molecule has 2 heteroatoms. The Morgan fingerprint density at radius 3 is 2.71 bits per heavy atom. The molecule has 0 heterocycles. The number of thioether (sulfide) groups is 1. The summed E-state index contributed by atoms with van der Waals surface area (Å²) >= 11 is 2.11. The molecular weight excluding hydrogens is 276 g/mol. The Labute approximate surface area is 136 Å². The maximum absolute atomic E-state index is 9.35. The monoisotopic (exact) mass is 310 g/mol. The van der Waals surface area contributed by atoms with Crippen LogP contribution < -0.4 is 0 Å². The van der Waals surface area contributed by atoms with Crippen LogP contribution in [0, 0.1) is 23.7 Å². The minimum absolute atomic E-state index is 0.377. The first-order valence-corrected chi connectivity index (χ1v) is 10.3. The van der Waals surface area contributed by atoms with Crippen molar-refractivity contribution >= 4 is 11.8 Å². The summed E-state index contributed by atoms with van der Waals surface area (Å²) in [5.41, 5.74) is 0. The lowest BCUT2D eigenvalue weighted by Gasteiger charge is -2.29. The Hall–Kier alpha value is 0.0500. The standard InChI is InChI=1S/C19H34OS/c1-3-5-6-7-17(21-4-2)10-11-18-15-8-9-16(14-15)19(18)12-13-20/h10-11,15-20H,3-9,12-14H2,1-2H3/b11-10+/t15-,16+,17+,18+,19+/m0/s1. The van der Waals surface area contributed by atoms with E-state index in [-0.39, 0.29) is 0 Å². The maximum Gasteiger partial charge on any atom is 0.0433 e. The smallest absolute Gasteiger partial charge is 0.0433 e. The lowest BCUT2D eigenvalue weighted by Crippen LogP contribution is -2.22. The summed E-state index contributed by atoms with van der Waals surface area (Å²) in [5.74, 6) is 4.59. The van der Waals surface area contributed by atoms with Crippen LogP contribution in [-0.2, 0) is 0 Å². The fourth-order valence-electron chi connectivity index (χ4n) is 4.63. The van der Waals surface area contributed by atoms with E-state index < -0.39 is 0 Å². The van der Waals surface area contributed by atoms with Crippen LogP contribution in [0.1, 0.15) is 65.2 Å². The molecule has 2 bridgehead atoms. The molecule has 1 nitrogen and oxygen atoms in total. The van der Waals surface area contributed by atoms with E-state index in [0.717, 1.165) is 35.3 Å². The largest absolute Gasteiger partial charge is 0.396 e. The first kappa shape index (κ1) is 17.4. The number of fused-ring (bicyclic) bond motifs is 2. The van der Waals surface area contributed by atoms with Crippen molar-refractivity contribution in [2.75, 3.05) is 12.4 Å². The van der Waals surface area contributed by atoms with Gasteiger partial charge in [0.1, 0.15) is 0 Å². The molecule has 0 aromatic carbocycles. The zero-order valence-electron chi connectivity index (χ0n) is 14.0. The van der Waals surface area contributed by atoms with Gasteiger partial charge in [0, 0.05) is 11.9 Å². The van der Waals surface area contributed by atoms with Gasteiger partial charge in [0.25, 0.3) is 0 Å². The predicted molar refractivity (Wildman–Crippen MR) is 94.7 cm³/mol. The van der Waals surface area contributed by atoms with Crippen LogP contribution in [0.4, 0.5) is 0 Å². The minimum Gasteiger partial charge on any atom is -0.396 e. The highest BCUT2D eigenvalue weighted by atomic mass is 32.2. The molecule has 2 saturated carbocycles. The third kappa shape index (κ3) is 4.76. The van der Waals surface area contributed by atoms with Gasteiger partial charge in [-0.1, -0.05) is 45.3 Å². The van der Waals surface area contributed by atoms with Gasteiger partial charge in [-0.3, -0.25) is 0 Å². The normalized spacial score (nSPS) is 33.1. The molecule has 0 aliphatic heterocycles. The minimum atomic E-state index is 0.377. The van der Waals surface area contributed by atoms with E-state index in [2.05, 4.69) is 37.8 Å². The molecule has 5 atom stereocenters. The molecule has 0 radical (unpaired) electrons. The Bertz CT molecular complexity index is 315. The average molecular weight is 311 g/mol. The lowest BCUT2D eigenvalue weighted by molar-refractivity contribution is 0.190. The molecule has 0 unspecified atom stereocenters. The molecule has 0 saturated heterocycles. The second kappa shape index (κ2) is 9.25. The van der Waals surface area contributed by atoms with Crippen LogP contribution in [0.2, 0.25) is 0 Å². The summed E-state index contributed by atoms with van der Waals surface area (Å²) in [5, 5.41) is 10.1. The predicted octanol–water partition coefficient (Wildman–Crippen LogP) is 5.29. The van der Waals surface area contributed by atoms with Crippen molar-refractivity contribution in [1.29, 1.82) is 0 Å². The average Bonchev–Trinajstić information content (AvgIpc) is 3.07. The van der Waals surface area contributed by atoms with Crippen molar-refractivity contribution in [3.8, 4) is 0 Å². The lowest BCUT2D eigenvalue weighted by atomic mass is 9.77. The van der Waals surface area contributed by atoms with Gasteiger partial charge in [-0.25, -0.2) is 0 Å². The van der Waals surface area contributed by atoms with E-state index in [1.807, 2.05) is 0 Å². The second-order valence-electron chi connectivity index (χ2n) is 6.96. The third-order valence-electron chi connectivity index (χ3n) is 5.64. The molecule has 0 aromatic heterocycles. The second-order valence-corrected chi connectivity index (χ2v) is 8.48. The quantitative estimate of drug-likeness (QED) is 0.437. The van der Waals surface area contributed by atoms with Gasteiger partial charge in [-0.2, -0.15) is 11.8 Å². The summed E-state index contributed by atoms with van der Waals surface area (Å²) in [7, 11) is 0. The van der Waals surface area contributed by atoms with Crippen molar-refractivity contribution in [1.82, 2.24) is 0 Å². The molecule has 21 heavy (non-hydrogen) atoms. The first-order valence-electron chi connectivity index (χ1n) is 9.20. The molecule has 1 N–H and O–H groups in total. The summed E-state index contributed by atoms with van der Waals surface area (Å²) in [6.07, 6.45) is 15.8. The summed E-state index contributed by atoms with van der Waals surface area (Å²) in [6.45, 7) is 4.94. The van der Waals surface area contributed by atoms with Gasteiger partial charge in [0.2, 0.25) is 0 Å². The molecule has 0 amide bonds. The molecule has 2 fully saturated rings. The van der Waals surface area contributed by atoms with Crippen LogP contribution >= 0.6 is 11.8 Å². The number of hydrogen-bond acceptors (Lipinski definition) is 2. The van der Waals surface area contributed by atoms with E-state index in [0.29, 0.717) is 6.61 Å². The molecular formula is C19H34OS. The van der Waals surface area contributed by atoms with E-state index in [1.54, 1.807) is 0 Å². The van der Waals surface area contributed by atoms with Crippen LogP contribution in [-0.4, -0.2) is 22.7 Å². The fourth-order valence-corrected chi connectivity index (χ4v) is 5.59. The number of allylic oxidation sites excluding steroid dienone is 1. The fraction of sp³-hybridized carbons (Fsp3) is 0.895. The number of aliphatic hydroxyl groups is 1. The van der Waals surface area contributed by atoms with Crippen molar-refractivity contribution in [2.24, 2.45) is 23.7 Å². The zero-order chi connectivity index (χ0) is 15.1. The first-order chi connectivity index (χ1) is 10.3. The molecule has 2 rings (SSSR count). The molecule has 0 aromatic rings. The van der Waals surface area contributed by atoms with E-state index in [4.69, 9.17) is 0 Å². The van der Waals surface area contributed by atoms with Gasteiger partial charge in [-0.05, 0) is 61.5 Å². The Kier molecular flexibility index (Phi) is 7.66. The zero-order valence-corrected chi connectivity index (χ0v) is 14.8. The molecule has 2 aliphatic carbocycles. The Morgan fingerprint density at radius 2 is 2.00 bits per heavy atom. The van der Waals surface area contributed by atoms with Crippen LogP contribution in [0.15, 0.2) is 12.2 Å². The van der Waals surface area contributed by atoms with E-state index in [9.17, 15) is 5.11 Å². The third-order valence-corrected chi connectivity index (χ3v) is 6.80. The highest BCUT2D eigenvalue weighted by Gasteiger charge is 2.45. The number of hydrogen-bond donors (Lipinski definition) is 1. The van der Waals surface area contributed by atoms with Crippen LogP contribution in [0.3, 0.4) is 0 Å². The molecule has 2 aliphatic rings. The van der Waals surface area contributed by atoms with Gasteiger partial charge in [0.15, 0.2) is 0 Å². The van der Waals surface area contributed by atoms with E-state index >= 15 is 0 Å². The molecule has 122 valence electrons. The van der Waals surface area contributed by atoms with Crippen molar-refractivity contribution < 1.29 is 5.11 Å². The van der Waals surface area contributed by atoms with Crippen LogP contribution in [0.5, 0.6) is 0 Å². The highest BCUT2D eigenvalue weighted by Crippen LogP contribution is 2.54. The summed E-state index contributed by atoms with van der Waals surface area (Å²) in [4.78, 5) is 0. The van der Waals surface area contributed by atoms with Gasteiger partial charge in [0.05, 0.1) is 0 Å². The Morgan fingerprint density at radius 1 is 1.19 bits per heavy atom. The summed E-state index contributed by atoms with van der Waals surface area (Å²) in [6, 6.07) is 0. The molecule has 0 spiro atoms. The SMILES string of the molecule is CCCCC[C@H](/C=C/[C@@H]1[C@H]2CC[C@H](C2)[C@H]1CCO)SCC. The van der Waals surface area contributed by atoms with Crippen LogP contribution in [0.25, 0.3) is 0 Å². The van der Waals surface area contributed by atoms with Gasteiger partial charge >= 0.3 is 0 Å². The highest BCUT2D eigenvalue weighted by molar-refractivity contribution is 8.00. The number of rotatable bonds is 10.